The molecule has 3 heterocycles. The van der Waals surface area contributed by atoms with Crippen molar-refractivity contribution in [2.24, 2.45) is 0 Å². The monoisotopic (exact) mass is 416 g/mol. The van der Waals surface area contributed by atoms with Gasteiger partial charge in [-0.05, 0) is 30.7 Å². The largest absolute Gasteiger partial charge is 0.379 e. The van der Waals surface area contributed by atoms with Gasteiger partial charge in [0.15, 0.2) is 0 Å². The lowest BCUT2D eigenvalue weighted by Crippen LogP contribution is -2.40. The van der Waals surface area contributed by atoms with E-state index < -0.39 is 0 Å². The number of anilines is 2. The van der Waals surface area contributed by atoms with Gasteiger partial charge >= 0.3 is 0 Å². The van der Waals surface area contributed by atoms with Crippen LogP contribution in [0.4, 0.5) is 11.4 Å². The number of nitrogens with one attached hydrogen (secondary N) is 3. The van der Waals surface area contributed by atoms with Crippen LogP contribution in [-0.2, 0) is 4.74 Å². The van der Waals surface area contributed by atoms with Crippen molar-refractivity contribution in [3.8, 4) is 6.07 Å². The summed E-state index contributed by atoms with van der Waals surface area (Å²) in [5.41, 5.74) is 5.41. The molecule has 0 bridgehead atoms. The lowest BCUT2D eigenvalue weighted by atomic mass is 10.1. The third-order valence-electron chi connectivity index (χ3n) is 5.63. The van der Waals surface area contributed by atoms with Crippen molar-refractivity contribution in [1.82, 2.24) is 20.2 Å². The van der Waals surface area contributed by atoms with E-state index in [0.29, 0.717) is 5.56 Å². The molecule has 1 aromatic carbocycles. The molecule has 3 aromatic rings. The quantitative estimate of drug-likeness (QED) is 0.488. The second-order valence-electron chi connectivity index (χ2n) is 7.63. The Hall–Kier alpha value is -3.18. The molecule has 1 aliphatic heterocycles. The van der Waals surface area contributed by atoms with Gasteiger partial charge in [-0.2, -0.15) is 5.26 Å². The second-order valence-corrected chi connectivity index (χ2v) is 7.63. The topological polar surface area (TPSA) is 89.0 Å². The molecule has 0 radical (unpaired) electrons. The van der Waals surface area contributed by atoms with Gasteiger partial charge < -0.3 is 20.4 Å². The van der Waals surface area contributed by atoms with Gasteiger partial charge in [0, 0.05) is 73.5 Å². The molecule has 0 atom stereocenters. The SMILES string of the molecule is Cc1c(Nc2c(C#N)cncc2/C=C/CNCCN2CCOCC2)ccc2[nH]ccc12. The Labute approximate surface area is 182 Å². The standard InChI is InChI=1S/C24H28N6O/c1-18-21-6-8-28-23(21)5-4-22(18)29-24-19(16-27-17-20(24)15-25)3-2-7-26-9-10-30-11-13-31-14-12-30/h2-6,8,16-17,26,28H,7,9-14H2,1H3,(H,27,29)/b3-2+. The maximum atomic E-state index is 9.61. The van der Waals surface area contributed by atoms with Crippen LogP contribution < -0.4 is 10.6 Å². The molecular formula is C24H28N6O. The molecule has 1 fully saturated rings. The zero-order valence-corrected chi connectivity index (χ0v) is 17.8. The highest BCUT2D eigenvalue weighted by Crippen LogP contribution is 2.30. The first-order valence-corrected chi connectivity index (χ1v) is 10.7. The molecule has 7 nitrogen and oxygen atoms in total. The van der Waals surface area contributed by atoms with Crippen molar-refractivity contribution in [1.29, 1.82) is 5.26 Å². The summed E-state index contributed by atoms with van der Waals surface area (Å²) in [5.74, 6) is 0. The molecular weight excluding hydrogens is 388 g/mol. The van der Waals surface area contributed by atoms with Gasteiger partial charge in [-0.25, -0.2) is 0 Å². The lowest BCUT2D eigenvalue weighted by Gasteiger charge is -2.26. The molecule has 31 heavy (non-hydrogen) atoms. The van der Waals surface area contributed by atoms with Gasteiger partial charge in [0.1, 0.15) is 6.07 Å². The van der Waals surface area contributed by atoms with Crippen molar-refractivity contribution >= 4 is 28.4 Å². The Balaban J connectivity index is 1.42. The smallest absolute Gasteiger partial charge is 0.103 e. The van der Waals surface area contributed by atoms with E-state index in [0.717, 1.165) is 74.0 Å². The highest BCUT2D eigenvalue weighted by molar-refractivity contribution is 5.89. The highest BCUT2D eigenvalue weighted by Gasteiger charge is 2.11. The van der Waals surface area contributed by atoms with Crippen LogP contribution >= 0.6 is 0 Å². The van der Waals surface area contributed by atoms with Crippen LogP contribution in [0.25, 0.3) is 17.0 Å². The molecule has 1 aliphatic rings. The Morgan fingerprint density at radius 2 is 2.13 bits per heavy atom. The fourth-order valence-corrected chi connectivity index (χ4v) is 3.81. The summed E-state index contributed by atoms with van der Waals surface area (Å²) in [6.45, 7) is 8.47. The van der Waals surface area contributed by atoms with E-state index in [1.54, 1.807) is 12.4 Å². The zero-order chi connectivity index (χ0) is 21.5. The number of aromatic nitrogens is 2. The van der Waals surface area contributed by atoms with E-state index in [-0.39, 0.29) is 0 Å². The third kappa shape index (κ3) is 5.12. The number of aryl methyl sites for hydroxylation is 1. The number of benzene rings is 1. The highest BCUT2D eigenvalue weighted by atomic mass is 16.5. The molecule has 0 saturated carbocycles. The van der Waals surface area contributed by atoms with Crippen LogP contribution in [0.1, 0.15) is 16.7 Å². The number of hydrogen-bond donors (Lipinski definition) is 3. The Kier molecular flexibility index (Phi) is 6.95. The molecule has 2 aromatic heterocycles. The first kappa shape index (κ1) is 21.1. The number of nitrogens with zero attached hydrogens (tertiary/aromatic N) is 3. The van der Waals surface area contributed by atoms with E-state index >= 15 is 0 Å². The summed E-state index contributed by atoms with van der Waals surface area (Å²) in [7, 11) is 0. The Bertz CT molecular complexity index is 1090. The van der Waals surface area contributed by atoms with Gasteiger partial charge in [-0.15, -0.1) is 0 Å². The molecule has 7 heteroatoms. The zero-order valence-electron chi connectivity index (χ0n) is 17.8. The normalized spacial score (nSPS) is 14.8. The average molecular weight is 417 g/mol. The van der Waals surface area contributed by atoms with E-state index in [1.807, 2.05) is 24.4 Å². The van der Waals surface area contributed by atoms with Crippen molar-refractivity contribution in [3.05, 3.63) is 59.6 Å². The van der Waals surface area contributed by atoms with Crippen molar-refractivity contribution < 1.29 is 4.74 Å². The molecule has 160 valence electrons. The molecule has 0 unspecified atom stereocenters. The fraction of sp³-hybridized carbons (Fsp3) is 0.333. The van der Waals surface area contributed by atoms with Crippen LogP contribution in [0.5, 0.6) is 0 Å². The van der Waals surface area contributed by atoms with E-state index in [2.05, 4.69) is 50.6 Å². The number of morpholine rings is 1. The van der Waals surface area contributed by atoms with E-state index in [1.165, 1.54) is 5.39 Å². The molecule has 3 N–H and O–H groups in total. The van der Waals surface area contributed by atoms with E-state index in [9.17, 15) is 5.26 Å². The number of aromatic amines is 1. The molecule has 1 saturated heterocycles. The first-order chi connectivity index (χ1) is 15.3. The van der Waals surface area contributed by atoms with Gasteiger partial charge in [-0.1, -0.05) is 12.2 Å². The van der Waals surface area contributed by atoms with Gasteiger partial charge in [-0.3, -0.25) is 9.88 Å². The number of nitriles is 1. The minimum Gasteiger partial charge on any atom is -0.379 e. The predicted octanol–water partition coefficient (Wildman–Crippen LogP) is 3.42. The molecule has 0 aliphatic carbocycles. The summed E-state index contributed by atoms with van der Waals surface area (Å²) >= 11 is 0. The number of rotatable bonds is 8. The van der Waals surface area contributed by atoms with Crippen molar-refractivity contribution in [3.63, 3.8) is 0 Å². The summed E-state index contributed by atoms with van der Waals surface area (Å²) < 4.78 is 5.38. The number of fused-ring (bicyclic) bond motifs is 1. The number of hydrogen-bond acceptors (Lipinski definition) is 6. The lowest BCUT2D eigenvalue weighted by molar-refractivity contribution is 0.0385. The first-order valence-electron chi connectivity index (χ1n) is 10.7. The van der Waals surface area contributed by atoms with Gasteiger partial charge in [0.25, 0.3) is 0 Å². The minimum atomic E-state index is 0.524. The fourth-order valence-electron chi connectivity index (χ4n) is 3.81. The van der Waals surface area contributed by atoms with Crippen LogP contribution in [0, 0.1) is 18.3 Å². The minimum absolute atomic E-state index is 0.524. The summed E-state index contributed by atoms with van der Waals surface area (Å²) in [4.78, 5) is 9.88. The van der Waals surface area contributed by atoms with Crippen LogP contribution in [-0.4, -0.2) is 60.8 Å². The van der Waals surface area contributed by atoms with Crippen molar-refractivity contribution in [2.45, 2.75) is 6.92 Å². The predicted molar refractivity (Wildman–Crippen MR) is 124 cm³/mol. The summed E-state index contributed by atoms with van der Waals surface area (Å²) in [6.07, 6.45) is 9.42. The van der Waals surface area contributed by atoms with Gasteiger partial charge in [0.2, 0.25) is 0 Å². The summed E-state index contributed by atoms with van der Waals surface area (Å²) in [6, 6.07) is 8.41. The van der Waals surface area contributed by atoms with Crippen LogP contribution in [0.15, 0.2) is 42.9 Å². The van der Waals surface area contributed by atoms with Crippen LogP contribution in [0.3, 0.4) is 0 Å². The maximum Gasteiger partial charge on any atom is 0.103 e. The Morgan fingerprint density at radius 1 is 1.26 bits per heavy atom. The molecule has 0 amide bonds. The number of pyridine rings is 1. The van der Waals surface area contributed by atoms with Crippen molar-refractivity contribution in [2.75, 3.05) is 51.3 Å². The van der Waals surface area contributed by atoms with Crippen LogP contribution in [0.2, 0.25) is 0 Å². The summed E-state index contributed by atoms with van der Waals surface area (Å²) in [5, 5.41) is 17.7. The number of H-pyrrole nitrogens is 1. The van der Waals surface area contributed by atoms with Gasteiger partial charge in [0.05, 0.1) is 24.5 Å². The number of ether oxygens (including phenoxy) is 1. The second kappa shape index (κ2) is 10.2. The maximum absolute atomic E-state index is 9.61. The molecule has 0 spiro atoms. The third-order valence-corrected chi connectivity index (χ3v) is 5.63. The average Bonchev–Trinajstić information content (AvgIpc) is 3.29. The van der Waals surface area contributed by atoms with E-state index in [4.69, 9.17) is 4.74 Å². The molecule has 4 rings (SSSR count). The Morgan fingerprint density at radius 3 is 2.97 bits per heavy atom.